The molecule has 0 saturated carbocycles. The van der Waals surface area contributed by atoms with Gasteiger partial charge in [-0.3, -0.25) is 4.79 Å². The van der Waals surface area contributed by atoms with Crippen LogP contribution in [0.5, 0.6) is 5.75 Å². The molecule has 0 aliphatic carbocycles. The van der Waals surface area contributed by atoms with E-state index in [1.54, 1.807) is 12.1 Å². The molecule has 1 heterocycles. The quantitative estimate of drug-likeness (QED) is 0.792. The molecule has 1 amide bonds. The van der Waals surface area contributed by atoms with E-state index in [2.05, 4.69) is 17.1 Å². The Morgan fingerprint density at radius 2 is 1.95 bits per heavy atom. The highest BCUT2D eigenvalue weighted by atomic mass is 16.5. The molecule has 114 valence electrons. The third-order valence-electron chi connectivity index (χ3n) is 3.93. The molecule has 1 aliphatic rings. The third-order valence-corrected chi connectivity index (χ3v) is 3.93. The van der Waals surface area contributed by atoms with Crippen LogP contribution in [0.2, 0.25) is 0 Å². The summed E-state index contributed by atoms with van der Waals surface area (Å²) < 4.78 is 5.15. The topological polar surface area (TPSA) is 62.2 Å². The Hall–Kier alpha value is -1.95. The molecule has 0 radical (unpaired) electrons. The van der Waals surface area contributed by atoms with Crippen LogP contribution in [0.1, 0.15) is 11.1 Å². The van der Waals surface area contributed by atoms with E-state index in [-0.39, 0.29) is 11.6 Å². The fraction of sp³-hybridized carbons (Fsp3) is 0.533. The van der Waals surface area contributed by atoms with Gasteiger partial charge in [0.1, 0.15) is 11.4 Å². The first kappa shape index (κ1) is 15.4. The normalized spacial score (nSPS) is 15.9. The van der Waals surface area contributed by atoms with Crippen LogP contribution in [0.4, 0.5) is 5.69 Å². The van der Waals surface area contributed by atoms with Gasteiger partial charge in [0.05, 0.1) is 13.5 Å². The standard InChI is InChI=1S/C15H21N3O3/c1-11-8-13(16-20)14(21-3)9-12(11)10-15(19)18-6-4-17(2)5-7-18/h8-9H,4-7,10H2,1-3H3. The number of aryl methyl sites for hydroxylation is 1. The second-order valence-corrected chi connectivity index (χ2v) is 5.40. The van der Waals surface area contributed by atoms with E-state index in [0.29, 0.717) is 12.2 Å². The third kappa shape index (κ3) is 3.58. The molecule has 1 aromatic carbocycles. The molecule has 6 nitrogen and oxygen atoms in total. The van der Waals surface area contributed by atoms with Crippen molar-refractivity contribution >= 4 is 11.6 Å². The average Bonchev–Trinajstić information content (AvgIpc) is 2.49. The van der Waals surface area contributed by atoms with Gasteiger partial charge in [-0.2, -0.15) is 0 Å². The van der Waals surface area contributed by atoms with Crippen molar-refractivity contribution in [2.75, 3.05) is 40.3 Å². The Balaban J connectivity index is 2.12. The van der Waals surface area contributed by atoms with Gasteiger partial charge in [-0.25, -0.2) is 0 Å². The second-order valence-electron chi connectivity index (χ2n) is 5.40. The highest BCUT2D eigenvalue weighted by Crippen LogP contribution is 2.31. The van der Waals surface area contributed by atoms with Crippen molar-refractivity contribution in [1.29, 1.82) is 0 Å². The van der Waals surface area contributed by atoms with Gasteiger partial charge in [0.2, 0.25) is 5.91 Å². The summed E-state index contributed by atoms with van der Waals surface area (Å²) in [4.78, 5) is 27.2. The number of hydrogen-bond donors (Lipinski definition) is 0. The minimum atomic E-state index is 0.111. The summed E-state index contributed by atoms with van der Waals surface area (Å²) in [6.07, 6.45) is 0.324. The minimum Gasteiger partial charge on any atom is -0.494 e. The number of likely N-dealkylation sites (N-methyl/N-ethyl adjacent to an activating group) is 1. The first-order valence-electron chi connectivity index (χ1n) is 7.02. The molecule has 1 saturated heterocycles. The maximum atomic E-state index is 12.4. The molecule has 2 rings (SSSR count). The summed E-state index contributed by atoms with van der Waals surface area (Å²) in [6.45, 7) is 5.21. The maximum absolute atomic E-state index is 12.4. The van der Waals surface area contributed by atoms with Crippen LogP contribution < -0.4 is 4.74 Å². The zero-order valence-corrected chi connectivity index (χ0v) is 12.8. The molecule has 0 N–H and O–H groups in total. The molecule has 0 unspecified atom stereocenters. The van der Waals surface area contributed by atoms with Crippen LogP contribution in [0.25, 0.3) is 0 Å². The number of hydrogen-bond acceptors (Lipinski definition) is 5. The van der Waals surface area contributed by atoms with Gasteiger partial charge in [0, 0.05) is 26.2 Å². The number of carbonyl (C=O) groups is 1. The van der Waals surface area contributed by atoms with Crippen LogP contribution in [0.3, 0.4) is 0 Å². The second kappa shape index (κ2) is 6.67. The van der Waals surface area contributed by atoms with Crippen molar-refractivity contribution in [3.8, 4) is 5.75 Å². The lowest BCUT2D eigenvalue weighted by molar-refractivity contribution is -0.132. The summed E-state index contributed by atoms with van der Waals surface area (Å²) in [5.74, 6) is 0.525. The summed E-state index contributed by atoms with van der Waals surface area (Å²) in [5.41, 5.74) is 2.03. The van der Waals surface area contributed by atoms with E-state index in [0.717, 1.165) is 37.3 Å². The van der Waals surface area contributed by atoms with Crippen molar-refractivity contribution in [1.82, 2.24) is 9.80 Å². The largest absolute Gasteiger partial charge is 0.494 e. The Kier molecular flexibility index (Phi) is 4.90. The Morgan fingerprint density at radius 3 is 2.52 bits per heavy atom. The highest BCUT2D eigenvalue weighted by molar-refractivity contribution is 5.80. The summed E-state index contributed by atoms with van der Waals surface area (Å²) in [7, 11) is 3.55. The van der Waals surface area contributed by atoms with Gasteiger partial charge in [-0.1, -0.05) is 0 Å². The minimum absolute atomic E-state index is 0.111. The number of rotatable bonds is 4. The van der Waals surface area contributed by atoms with E-state index < -0.39 is 0 Å². The Morgan fingerprint density at radius 1 is 1.29 bits per heavy atom. The van der Waals surface area contributed by atoms with Gasteiger partial charge in [-0.05, 0) is 42.4 Å². The number of benzene rings is 1. The lowest BCUT2D eigenvalue weighted by atomic mass is 10.0. The van der Waals surface area contributed by atoms with Gasteiger partial charge >= 0.3 is 0 Å². The van der Waals surface area contributed by atoms with Gasteiger partial charge < -0.3 is 14.5 Å². The number of methoxy groups -OCH3 is 1. The van der Waals surface area contributed by atoms with Crippen LogP contribution in [0, 0.1) is 11.8 Å². The van der Waals surface area contributed by atoms with Gasteiger partial charge in [-0.15, -0.1) is 4.91 Å². The Bertz CT molecular complexity index is 537. The zero-order chi connectivity index (χ0) is 15.4. The molecular formula is C15H21N3O3. The first-order chi connectivity index (χ1) is 10.0. The summed E-state index contributed by atoms with van der Waals surface area (Å²) >= 11 is 0. The fourth-order valence-electron chi connectivity index (χ4n) is 2.47. The van der Waals surface area contributed by atoms with E-state index in [1.165, 1.54) is 7.11 Å². The molecule has 21 heavy (non-hydrogen) atoms. The number of ether oxygens (including phenoxy) is 1. The predicted molar refractivity (Wildman–Crippen MR) is 81.0 cm³/mol. The molecule has 0 spiro atoms. The van der Waals surface area contributed by atoms with E-state index in [4.69, 9.17) is 4.74 Å². The highest BCUT2D eigenvalue weighted by Gasteiger charge is 2.20. The summed E-state index contributed by atoms with van der Waals surface area (Å²) in [5, 5.41) is 2.94. The molecule has 1 aliphatic heterocycles. The summed E-state index contributed by atoms with van der Waals surface area (Å²) in [6, 6.07) is 3.40. The number of amides is 1. The van der Waals surface area contributed by atoms with E-state index >= 15 is 0 Å². The molecule has 0 aromatic heterocycles. The van der Waals surface area contributed by atoms with Crippen molar-refractivity contribution in [2.45, 2.75) is 13.3 Å². The van der Waals surface area contributed by atoms with Crippen molar-refractivity contribution < 1.29 is 9.53 Å². The first-order valence-corrected chi connectivity index (χ1v) is 7.02. The maximum Gasteiger partial charge on any atom is 0.227 e. The van der Waals surface area contributed by atoms with Gasteiger partial charge in [0.15, 0.2) is 0 Å². The monoisotopic (exact) mass is 291 g/mol. The van der Waals surface area contributed by atoms with Crippen LogP contribution in [-0.4, -0.2) is 56.0 Å². The van der Waals surface area contributed by atoms with E-state index in [1.807, 2.05) is 11.8 Å². The van der Waals surface area contributed by atoms with Crippen LogP contribution in [-0.2, 0) is 11.2 Å². The van der Waals surface area contributed by atoms with Gasteiger partial charge in [0.25, 0.3) is 0 Å². The molecule has 1 fully saturated rings. The smallest absolute Gasteiger partial charge is 0.227 e. The molecule has 1 aromatic rings. The number of carbonyl (C=O) groups excluding carboxylic acids is 1. The lowest BCUT2D eigenvalue weighted by Gasteiger charge is -2.32. The van der Waals surface area contributed by atoms with Crippen molar-refractivity contribution in [3.05, 3.63) is 28.2 Å². The zero-order valence-electron chi connectivity index (χ0n) is 12.8. The molecule has 6 heteroatoms. The van der Waals surface area contributed by atoms with Crippen molar-refractivity contribution in [2.24, 2.45) is 5.18 Å². The van der Waals surface area contributed by atoms with Crippen LogP contribution >= 0.6 is 0 Å². The van der Waals surface area contributed by atoms with Crippen molar-refractivity contribution in [3.63, 3.8) is 0 Å². The van der Waals surface area contributed by atoms with Crippen LogP contribution in [0.15, 0.2) is 17.3 Å². The SMILES string of the molecule is COc1cc(CC(=O)N2CCN(C)CC2)c(C)cc1N=O. The van der Waals surface area contributed by atoms with E-state index in [9.17, 15) is 9.70 Å². The average molecular weight is 291 g/mol. The molecule has 0 bridgehead atoms. The number of nitrogens with zero attached hydrogens (tertiary/aromatic N) is 3. The molecule has 0 atom stereocenters. The number of piperazine rings is 1. The Labute approximate surface area is 124 Å². The predicted octanol–water partition coefficient (Wildman–Crippen LogP) is 1.72. The fourth-order valence-corrected chi connectivity index (χ4v) is 2.47. The lowest BCUT2D eigenvalue weighted by Crippen LogP contribution is -2.47. The molecular weight excluding hydrogens is 270 g/mol. The number of nitroso groups, excluding NO2 is 1.